The fourth-order valence-electron chi connectivity index (χ4n) is 3.11. The van der Waals surface area contributed by atoms with E-state index in [0.29, 0.717) is 5.69 Å². The van der Waals surface area contributed by atoms with E-state index in [2.05, 4.69) is 40.4 Å². The number of hydrogen-bond donors (Lipinski definition) is 1. The Morgan fingerprint density at radius 1 is 1.32 bits per heavy atom. The summed E-state index contributed by atoms with van der Waals surface area (Å²) >= 11 is 0. The number of carbonyl (C=O) groups excluding carboxylic acids is 1. The van der Waals surface area contributed by atoms with Crippen LogP contribution >= 0.6 is 0 Å². The van der Waals surface area contributed by atoms with Gasteiger partial charge < -0.3 is 15.1 Å². The highest BCUT2D eigenvalue weighted by Crippen LogP contribution is 2.27. The van der Waals surface area contributed by atoms with Crippen molar-refractivity contribution in [1.82, 2.24) is 4.98 Å². The largest absolute Gasteiger partial charge is 0.374 e. The summed E-state index contributed by atoms with van der Waals surface area (Å²) in [6, 6.07) is 10.0. The molecule has 0 spiro atoms. The summed E-state index contributed by atoms with van der Waals surface area (Å²) in [5.74, 6) is 0.576. The van der Waals surface area contributed by atoms with Crippen molar-refractivity contribution < 1.29 is 4.79 Å². The number of carbonyl (C=O) groups is 1. The second-order valence-corrected chi connectivity index (χ2v) is 6.50. The smallest absolute Gasteiger partial charge is 0.248 e. The summed E-state index contributed by atoms with van der Waals surface area (Å²) in [4.78, 5) is 20.7. The number of fused-ring (bicyclic) bond motifs is 1. The maximum Gasteiger partial charge on any atom is 0.248 e. The van der Waals surface area contributed by atoms with Crippen LogP contribution in [0.1, 0.15) is 17.5 Å². The van der Waals surface area contributed by atoms with E-state index in [1.807, 2.05) is 37.2 Å². The molecule has 1 aliphatic rings. The van der Waals surface area contributed by atoms with Gasteiger partial charge in [0.25, 0.3) is 0 Å². The topological polar surface area (TPSA) is 48.5 Å². The van der Waals surface area contributed by atoms with Crippen LogP contribution < -0.4 is 15.1 Å². The summed E-state index contributed by atoms with van der Waals surface area (Å²) in [6.07, 6.45) is 7.41. The monoisotopic (exact) mass is 336 g/mol. The molecule has 0 fully saturated rings. The van der Waals surface area contributed by atoms with Gasteiger partial charge in [-0.3, -0.25) is 4.79 Å². The van der Waals surface area contributed by atoms with E-state index in [1.165, 1.54) is 17.7 Å². The van der Waals surface area contributed by atoms with Gasteiger partial charge in [0.15, 0.2) is 5.82 Å². The lowest BCUT2D eigenvalue weighted by Gasteiger charge is -2.27. The van der Waals surface area contributed by atoms with E-state index in [4.69, 9.17) is 0 Å². The van der Waals surface area contributed by atoms with E-state index in [-0.39, 0.29) is 5.91 Å². The van der Waals surface area contributed by atoms with Crippen LogP contribution in [0.4, 0.5) is 17.2 Å². The van der Waals surface area contributed by atoms with Crippen molar-refractivity contribution in [2.24, 2.45) is 0 Å². The molecule has 0 bridgehead atoms. The van der Waals surface area contributed by atoms with Crippen LogP contribution in [0, 0.1) is 0 Å². The number of hydrogen-bond acceptors (Lipinski definition) is 4. The van der Waals surface area contributed by atoms with E-state index in [9.17, 15) is 4.79 Å². The van der Waals surface area contributed by atoms with Crippen molar-refractivity contribution in [2.75, 3.05) is 42.8 Å². The third-order valence-corrected chi connectivity index (χ3v) is 4.35. The SMILES string of the molecule is CN(C)c1ncccc1NC(=O)/C=C/c1ccc2c(c1)CCCN2C. The zero-order valence-electron chi connectivity index (χ0n) is 15.0. The van der Waals surface area contributed by atoms with E-state index < -0.39 is 0 Å². The zero-order valence-corrected chi connectivity index (χ0v) is 15.0. The highest BCUT2D eigenvalue weighted by atomic mass is 16.1. The third-order valence-electron chi connectivity index (χ3n) is 4.35. The van der Waals surface area contributed by atoms with Gasteiger partial charge in [0.1, 0.15) is 0 Å². The molecule has 5 nitrogen and oxygen atoms in total. The maximum atomic E-state index is 12.2. The Labute approximate surface area is 149 Å². The molecule has 3 rings (SSSR count). The maximum absolute atomic E-state index is 12.2. The van der Waals surface area contributed by atoms with E-state index in [0.717, 1.165) is 24.3 Å². The van der Waals surface area contributed by atoms with Gasteiger partial charge in [-0.25, -0.2) is 4.98 Å². The third kappa shape index (κ3) is 3.99. The van der Waals surface area contributed by atoms with Gasteiger partial charge in [-0.2, -0.15) is 0 Å². The van der Waals surface area contributed by atoms with Gasteiger partial charge in [-0.15, -0.1) is 0 Å². The Morgan fingerprint density at radius 2 is 2.16 bits per heavy atom. The Balaban J connectivity index is 1.71. The van der Waals surface area contributed by atoms with E-state index in [1.54, 1.807) is 12.3 Å². The second kappa shape index (κ2) is 7.38. The van der Waals surface area contributed by atoms with Crippen LogP contribution in [0.3, 0.4) is 0 Å². The second-order valence-electron chi connectivity index (χ2n) is 6.50. The van der Waals surface area contributed by atoms with Crippen LogP contribution in [-0.4, -0.2) is 38.6 Å². The van der Waals surface area contributed by atoms with Crippen LogP contribution in [0.5, 0.6) is 0 Å². The van der Waals surface area contributed by atoms with Gasteiger partial charge in [-0.05, 0) is 54.3 Å². The Hall–Kier alpha value is -2.82. The molecule has 0 atom stereocenters. The van der Waals surface area contributed by atoms with Crippen molar-refractivity contribution in [2.45, 2.75) is 12.8 Å². The van der Waals surface area contributed by atoms with Crippen LogP contribution in [0.2, 0.25) is 0 Å². The van der Waals surface area contributed by atoms with Crippen molar-refractivity contribution >= 4 is 29.2 Å². The van der Waals surface area contributed by atoms with Crippen molar-refractivity contribution in [3.05, 3.63) is 53.7 Å². The van der Waals surface area contributed by atoms with Gasteiger partial charge in [0, 0.05) is 45.6 Å². The molecular formula is C20H24N4O. The molecule has 1 amide bonds. The van der Waals surface area contributed by atoms with Gasteiger partial charge in [-0.1, -0.05) is 6.07 Å². The standard InChI is InChI=1S/C20H24N4O/c1-23(2)20-17(7-4-12-21-20)22-19(25)11-9-15-8-10-18-16(14-15)6-5-13-24(18)3/h4,7-12,14H,5-6,13H2,1-3H3,(H,22,25)/b11-9+. The van der Waals surface area contributed by atoms with Crippen molar-refractivity contribution in [3.63, 3.8) is 0 Å². The first-order valence-corrected chi connectivity index (χ1v) is 8.50. The molecule has 0 aliphatic carbocycles. The highest BCUT2D eigenvalue weighted by molar-refractivity contribution is 6.03. The Bertz CT molecular complexity index is 798. The minimum absolute atomic E-state index is 0.161. The number of nitrogens with one attached hydrogen (secondary N) is 1. The van der Waals surface area contributed by atoms with Crippen LogP contribution in [0.15, 0.2) is 42.6 Å². The molecule has 1 aromatic carbocycles. The molecule has 1 aromatic heterocycles. The summed E-state index contributed by atoms with van der Waals surface area (Å²) in [7, 11) is 5.92. The van der Waals surface area contributed by atoms with Crippen molar-refractivity contribution in [3.8, 4) is 0 Å². The molecule has 2 heterocycles. The number of nitrogens with zero attached hydrogens (tertiary/aromatic N) is 3. The zero-order chi connectivity index (χ0) is 17.8. The molecule has 0 saturated heterocycles. The van der Waals surface area contributed by atoms with E-state index >= 15 is 0 Å². The number of amides is 1. The summed E-state index contributed by atoms with van der Waals surface area (Å²) in [5, 5.41) is 2.89. The molecule has 5 heteroatoms. The number of aryl methyl sites for hydroxylation is 1. The number of pyridine rings is 1. The fraction of sp³-hybridized carbons (Fsp3) is 0.300. The highest BCUT2D eigenvalue weighted by Gasteiger charge is 2.13. The minimum atomic E-state index is -0.161. The molecular weight excluding hydrogens is 312 g/mol. The normalized spacial score (nSPS) is 13.6. The van der Waals surface area contributed by atoms with Crippen molar-refractivity contribution in [1.29, 1.82) is 0 Å². The fourth-order valence-corrected chi connectivity index (χ4v) is 3.11. The number of anilines is 3. The molecule has 1 aliphatic heterocycles. The average Bonchev–Trinajstić information content (AvgIpc) is 2.60. The lowest BCUT2D eigenvalue weighted by Crippen LogP contribution is -2.24. The predicted octanol–water partition coefficient (Wildman–Crippen LogP) is 3.18. The lowest BCUT2D eigenvalue weighted by atomic mass is 9.99. The molecule has 130 valence electrons. The van der Waals surface area contributed by atoms with Crippen LogP contribution in [-0.2, 0) is 11.2 Å². The number of benzene rings is 1. The molecule has 0 radical (unpaired) electrons. The molecule has 0 unspecified atom stereocenters. The molecule has 0 saturated carbocycles. The lowest BCUT2D eigenvalue weighted by molar-refractivity contribution is -0.111. The number of aromatic nitrogens is 1. The molecule has 1 N–H and O–H groups in total. The van der Waals surface area contributed by atoms with Crippen LogP contribution in [0.25, 0.3) is 6.08 Å². The molecule has 2 aromatic rings. The first-order chi connectivity index (χ1) is 12.0. The summed E-state index contributed by atoms with van der Waals surface area (Å²) in [6.45, 7) is 1.10. The first kappa shape index (κ1) is 17.0. The Kier molecular flexibility index (Phi) is 5.03. The summed E-state index contributed by atoms with van der Waals surface area (Å²) < 4.78 is 0. The Morgan fingerprint density at radius 3 is 2.96 bits per heavy atom. The average molecular weight is 336 g/mol. The summed E-state index contributed by atoms with van der Waals surface area (Å²) in [5.41, 5.74) is 4.38. The van der Waals surface area contributed by atoms with Gasteiger partial charge in [0.2, 0.25) is 5.91 Å². The minimum Gasteiger partial charge on any atom is -0.374 e. The van der Waals surface area contributed by atoms with Gasteiger partial charge >= 0.3 is 0 Å². The quantitative estimate of drug-likeness (QED) is 0.871. The predicted molar refractivity (Wildman–Crippen MR) is 104 cm³/mol. The van der Waals surface area contributed by atoms with Gasteiger partial charge in [0.05, 0.1) is 5.69 Å². The molecule has 25 heavy (non-hydrogen) atoms. The number of rotatable bonds is 4. The first-order valence-electron chi connectivity index (χ1n) is 8.50.